The zero-order valence-electron chi connectivity index (χ0n) is 14.3. The molecule has 1 atom stereocenters. The number of benzene rings is 1. The lowest BCUT2D eigenvalue weighted by Gasteiger charge is -2.30. The van der Waals surface area contributed by atoms with Gasteiger partial charge in [-0.25, -0.2) is 12.8 Å². The van der Waals surface area contributed by atoms with Crippen molar-refractivity contribution in [1.82, 2.24) is 19.5 Å². The molecule has 0 aliphatic carbocycles. The van der Waals surface area contributed by atoms with Crippen LogP contribution in [0.1, 0.15) is 24.7 Å². The minimum Gasteiger partial charge on any atom is -0.420 e. The van der Waals surface area contributed by atoms with Crippen molar-refractivity contribution >= 4 is 10.0 Å². The van der Waals surface area contributed by atoms with Crippen molar-refractivity contribution in [3.63, 3.8) is 0 Å². The van der Waals surface area contributed by atoms with Crippen molar-refractivity contribution in [3.05, 3.63) is 60.5 Å². The fraction of sp³-hybridized carbons (Fsp3) is 0.278. The lowest BCUT2D eigenvalue weighted by atomic mass is 10.00. The summed E-state index contributed by atoms with van der Waals surface area (Å²) < 4.78 is 46.2. The van der Waals surface area contributed by atoms with Crippen LogP contribution in [0.15, 0.2) is 58.1 Å². The molecule has 1 aromatic carbocycles. The SMILES string of the molecule is O=S(=O)(c1cccc(F)c1)N1CCC[C@H](c2nnc(-c3cccnc3)o2)C1. The van der Waals surface area contributed by atoms with Crippen molar-refractivity contribution in [3.8, 4) is 11.5 Å². The van der Waals surface area contributed by atoms with Crippen molar-refractivity contribution < 1.29 is 17.2 Å². The van der Waals surface area contributed by atoms with Crippen LogP contribution >= 0.6 is 0 Å². The third-order valence-corrected chi connectivity index (χ3v) is 6.38. The van der Waals surface area contributed by atoms with Crippen LogP contribution in [0.5, 0.6) is 0 Å². The van der Waals surface area contributed by atoms with Gasteiger partial charge < -0.3 is 4.42 Å². The highest BCUT2D eigenvalue weighted by Gasteiger charge is 2.33. The molecule has 0 saturated carbocycles. The lowest BCUT2D eigenvalue weighted by Crippen LogP contribution is -2.39. The van der Waals surface area contributed by atoms with E-state index in [4.69, 9.17) is 4.42 Å². The summed E-state index contributed by atoms with van der Waals surface area (Å²) in [5.41, 5.74) is 0.705. The normalized spacial score (nSPS) is 18.5. The fourth-order valence-corrected chi connectivity index (χ4v) is 4.70. The molecule has 1 aliphatic heterocycles. The molecule has 2 aromatic heterocycles. The van der Waals surface area contributed by atoms with Crippen molar-refractivity contribution in [2.24, 2.45) is 0 Å². The summed E-state index contributed by atoms with van der Waals surface area (Å²) in [6.45, 7) is 0.590. The molecule has 9 heteroatoms. The number of piperidine rings is 1. The summed E-state index contributed by atoms with van der Waals surface area (Å²) in [4.78, 5) is 3.97. The molecule has 7 nitrogen and oxygen atoms in total. The van der Waals surface area contributed by atoms with E-state index in [1.165, 1.54) is 22.5 Å². The Morgan fingerprint density at radius 3 is 2.85 bits per heavy atom. The number of hydrogen-bond acceptors (Lipinski definition) is 6. The Bertz CT molecular complexity index is 1040. The van der Waals surface area contributed by atoms with E-state index in [-0.39, 0.29) is 17.4 Å². The molecule has 1 fully saturated rings. The molecule has 3 aromatic rings. The van der Waals surface area contributed by atoms with Gasteiger partial charge in [-0.05, 0) is 43.2 Å². The zero-order valence-corrected chi connectivity index (χ0v) is 15.1. The first kappa shape index (κ1) is 17.7. The Labute approximate surface area is 155 Å². The molecule has 4 rings (SSSR count). The molecule has 0 bridgehead atoms. The van der Waals surface area contributed by atoms with E-state index in [2.05, 4.69) is 15.2 Å². The van der Waals surface area contributed by atoms with Crippen molar-refractivity contribution in [2.45, 2.75) is 23.7 Å². The number of nitrogens with zero attached hydrogens (tertiary/aromatic N) is 4. The molecule has 1 saturated heterocycles. The fourth-order valence-electron chi connectivity index (χ4n) is 3.14. The predicted octanol–water partition coefficient (Wildman–Crippen LogP) is 2.84. The minimum absolute atomic E-state index is 0.0512. The minimum atomic E-state index is -3.78. The molecule has 0 N–H and O–H groups in total. The molecule has 0 unspecified atom stereocenters. The monoisotopic (exact) mass is 388 g/mol. The molecule has 27 heavy (non-hydrogen) atoms. The molecule has 0 radical (unpaired) electrons. The van der Waals surface area contributed by atoms with Crippen LogP contribution in [0.3, 0.4) is 0 Å². The molecule has 0 amide bonds. The van der Waals surface area contributed by atoms with Gasteiger partial charge in [-0.1, -0.05) is 6.07 Å². The Balaban J connectivity index is 1.56. The van der Waals surface area contributed by atoms with Gasteiger partial charge in [0.05, 0.1) is 16.4 Å². The van der Waals surface area contributed by atoms with Crippen LogP contribution in [0.2, 0.25) is 0 Å². The second kappa shape index (κ2) is 7.16. The second-order valence-electron chi connectivity index (χ2n) is 6.35. The van der Waals surface area contributed by atoms with E-state index < -0.39 is 15.8 Å². The number of pyridine rings is 1. The average Bonchev–Trinajstić information content (AvgIpc) is 3.19. The van der Waals surface area contributed by atoms with Crippen LogP contribution < -0.4 is 0 Å². The van der Waals surface area contributed by atoms with Crippen molar-refractivity contribution in [2.75, 3.05) is 13.1 Å². The number of hydrogen-bond donors (Lipinski definition) is 0. The van der Waals surface area contributed by atoms with E-state index >= 15 is 0 Å². The average molecular weight is 388 g/mol. The van der Waals surface area contributed by atoms with Gasteiger partial charge in [0.15, 0.2) is 0 Å². The van der Waals surface area contributed by atoms with Gasteiger partial charge in [0.1, 0.15) is 5.82 Å². The summed E-state index contributed by atoms with van der Waals surface area (Å²) in [6, 6.07) is 8.62. The number of sulfonamides is 1. The van der Waals surface area contributed by atoms with Gasteiger partial charge in [-0.15, -0.1) is 10.2 Å². The summed E-state index contributed by atoms with van der Waals surface area (Å²) in [7, 11) is -3.78. The highest BCUT2D eigenvalue weighted by atomic mass is 32.2. The third kappa shape index (κ3) is 3.60. The van der Waals surface area contributed by atoms with Crippen LogP contribution in [-0.4, -0.2) is 41.0 Å². The number of rotatable bonds is 4. The molecule has 1 aliphatic rings. The Morgan fingerprint density at radius 1 is 1.19 bits per heavy atom. The third-order valence-electron chi connectivity index (χ3n) is 4.52. The zero-order chi connectivity index (χ0) is 18.9. The highest BCUT2D eigenvalue weighted by Crippen LogP contribution is 2.31. The molecular weight excluding hydrogens is 371 g/mol. The summed E-state index contributed by atoms with van der Waals surface area (Å²) in [5, 5.41) is 8.14. The number of aromatic nitrogens is 3. The highest BCUT2D eigenvalue weighted by molar-refractivity contribution is 7.89. The first-order valence-electron chi connectivity index (χ1n) is 8.53. The van der Waals surface area contributed by atoms with Crippen LogP contribution in [0.4, 0.5) is 4.39 Å². The summed E-state index contributed by atoms with van der Waals surface area (Å²) in [5.74, 6) is -0.0427. The van der Waals surface area contributed by atoms with Gasteiger partial charge in [-0.2, -0.15) is 4.31 Å². The topological polar surface area (TPSA) is 89.2 Å². The summed E-state index contributed by atoms with van der Waals surface area (Å²) in [6.07, 6.45) is 4.67. The van der Waals surface area contributed by atoms with Crippen LogP contribution in [0.25, 0.3) is 11.5 Å². The van der Waals surface area contributed by atoms with Crippen LogP contribution in [0, 0.1) is 5.82 Å². The predicted molar refractivity (Wildman–Crippen MR) is 94.7 cm³/mol. The van der Waals surface area contributed by atoms with Gasteiger partial charge >= 0.3 is 0 Å². The van der Waals surface area contributed by atoms with E-state index in [0.29, 0.717) is 30.3 Å². The second-order valence-corrected chi connectivity index (χ2v) is 8.28. The summed E-state index contributed by atoms with van der Waals surface area (Å²) >= 11 is 0. The number of halogens is 1. The van der Waals surface area contributed by atoms with E-state index in [9.17, 15) is 12.8 Å². The first-order valence-corrected chi connectivity index (χ1v) is 9.97. The quantitative estimate of drug-likeness (QED) is 0.683. The van der Waals surface area contributed by atoms with Crippen molar-refractivity contribution in [1.29, 1.82) is 0 Å². The Hall–Kier alpha value is -2.65. The maximum absolute atomic E-state index is 13.4. The Kier molecular flexibility index (Phi) is 4.71. The van der Waals surface area contributed by atoms with Gasteiger partial charge in [-0.3, -0.25) is 4.98 Å². The maximum Gasteiger partial charge on any atom is 0.249 e. The largest absolute Gasteiger partial charge is 0.420 e. The van der Waals surface area contributed by atoms with E-state index in [1.54, 1.807) is 18.5 Å². The Morgan fingerprint density at radius 2 is 2.07 bits per heavy atom. The van der Waals surface area contributed by atoms with Gasteiger partial charge in [0, 0.05) is 25.5 Å². The standard InChI is InChI=1S/C18H17FN4O3S/c19-15-6-1-7-16(10-15)27(24,25)23-9-3-5-14(12-23)18-22-21-17(26-18)13-4-2-8-20-11-13/h1-2,4,6-8,10-11,14H,3,5,9,12H2/t14-/m0/s1. The van der Waals surface area contributed by atoms with Gasteiger partial charge in [0.2, 0.25) is 21.8 Å². The van der Waals surface area contributed by atoms with Crippen LogP contribution in [-0.2, 0) is 10.0 Å². The molecular formula is C18H17FN4O3S. The molecule has 140 valence electrons. The first-order chi connectivity index (χ1) is 13.0. The van der Waals surface area contributed by atoms with E-state index in [0.717, 1.165) is 12.5 Å². The van der Waals surface area contributed by atoms with Gasteiger partial charge in [0.25, 0.3) is 0 Å². The lowest BCUT2D eigenvalue weighted by molar-refractivity contribution is 0.286. The molecule has 0 spiro atoms. The van der Waals surface area contributed by atoms with E-state index in [1.807, 2.05) is 6.07 Å². The smallest absolute Gasteiger partial charge is 0.249 e. The molecule has 3 heterocycles. The maximum atomic E-state index is 13.4.